The summed E-state index contributed by atoms with van der Waals surface area (Å²) in [5, 5.41) is 0. The molecule has 22 heavy (non-hydrogen) atoms. The molecule has 2 aromatic rings. The standard InChI is InChI=1S/C16H16BrFN2O2/c1-3-20(10-12-8-13(17)4-5-14(12)18)16(22)11-6-7-19(2)15(21)9-11/h4-9H,3,10H2,1-2H3. The van der Waals surface area contributed by atoms with Crippen molar-refractivity contribution in [2.24, 2.45) is 7.05 Å². The average molecular weight is 367 g/mol. The molecule has 0 fully saturated rings. The van der Waals surface area contributed by atoms with E-state index >= 15 is 0 Å². The van der Waals surface area contributed by atoms with Gasteiger partial charge in [-0.2, -0.15) is 0 Å². The Hall–Kier alpha value is -1.95. The van der Waals surface area contributed by atoms with Crippen molar-refractivity contribution >= 4 is 21.8 Å². The molecule has 1 aromatic heterocycles. The molecule has 116 valence electrons. The smallest absolute Gasteiger partial charge is 0.254 e. The molecular weight excluding hydrogens is 351 g/mol. The summed E-state index contributed by atoms with van der Waals surface area (Å²) >= 11 is 3.29. The van der Waals surface area contributed by atoms with Gasteiger partial charge in [-0.25, -0.2) is 4.39 Å². The van der Waals surface area contributed by atoms with Crippen LogP contribution in [0.1, 0.15) is 22.8 Å². The molecule has 0 atom stereocenters. The highest BCUT2D eigenvalue weighted by molar-refractivity contribution is 9.10. The topological polar surface area (TPSA) is 42.3 Å². The van der Waals surface area contributed by atoms with Gasteiger partial charge in [0, 0.05) is 48.0 Å². The molecule has 0 bridgehead atoms. The van der Waals surface area contributed by atoms with Gasteiger partial charge in [-0.15, -0.1) is 0 Å². The van der Waals surface area contributed by atoms with Crippen molar-refractivity contribution in [3.8, 4) is 0 Å². The SMILES string of the molecule is CCN(Cc1cc(Br)ccc1F)C(=O)c1ccn(C)c(=O)c1. The third-order valence-electron chi connectivity index (χ3n) is 3.39. The molecule has 0 spiro atoms. The minimum Gasteiger partial charge on any atom is -0.334 e. The fourth-order valence-electron chi connectivity index (χ4n) is 2.06. The monoisotopic (exact) mass is 366 g/mol. The van der Waals surface area contributed by atoms with E-state index in [9.17, 15) is 14.0 Å². The van der Waals surface area contributed by atoms with Gasteiger partial charge in [0.15, 0.2) is 0 Å². The minimum atomic E-state index is -0.363. The van der Waals surface area contributed by atoms with Crippen LogP contribution in [0.5, 0.6) is 0 Å². The Balaban J connectivity index is 2.27. The Bertz CT molecular complexity index is 758. The van der Waals surface area contributed by atoms with E-state index in [-0.39, 0.29) is 23.8 Å². The van der Waals surface area contributed by atoms with Crippen molar-refractivity contribution in [3.05, 3.63) is 68.3 Å². The highest BCUT2D eigenvalue weighted by atomic mass is 79.9. The number of carbonyl (C=O) groups is 1. The lowest BCUT2D eigenvalue weighted by atomic mass is 10.1. The lowest BCUT2D eigenvalue weighted by Crippen LogP contribution is -2.32. The minimum absolute atomic E-state index is 0.149. The fraction of sp³-hybridized carbons (Fsp3) is 0.250. The summed E-state index contributed by atoms with van der Waals surface area (Å²) in [6.45, 7) is 2.38. The summed E-state index contributed by atoms with van der Waals surface area (Å²) in [7, 11) is 1.62. The van der Waals surface area contributed by atoms with Crippen LogP contribution in [0.15, 0.2) is 45.8 Å². The second kappa shape index (κ2) is 6.87. The van der Waals surface area contributed by atoms with Gasteiger partial charge in [0.05, 0.1) is 0 Å². The molecule has 1 amide bonds. The maximum atomic E-state index is 13.8. The maximum absolute atomic E-state index is 13.8. The molecule has 4 nitrogen and oxygen atoms in total. The van der Waals surface area contributed by atoms with E-state index in [0.717, 1.165) is 4.47 Å². The zero-order valence-electron chi connectivity index (χ0n) is 12.3. The number of rotatable bonds is 4. The number of halogens is 2. The lowest BCUT2D eigenvalue weighted by molar-refractivity contribution is 0.0750. The first kappa shape index (κ1) is 16.4. The van der Waals surface area contributed by atoms with E-state index in [1.165, 1.54) is 21.6 Å². The summed E-state index contributed by atoms with van der Waals surface area (Å²) in [4.78, 5) is 25.6. The van der Waals surface area contributed by atoms with E-state index in [4.69, 9.17) is 0 Å². The predicted octanol–water partition coefficient (Wildman–Crippen LogP) is 2.95. The number of hydrogen-bond donors (Lipinski definition) is 0. The van der Waals surface area contributed by atoms with Crippen molar-refractivity contribution in [1.29, 1.82) is 0 Å². The first-order valence-electron chi connectivity index (χ1n) is 6.82. The Kier molecular flexibility index (Phi) is 5.13. The summed E-state index contributed by atoms with van der Waals surface area (Å²) < 4.78 is 16.0. The van der Waals surface area contributed by atoms with Crippen LogP contribution in [0.25, 0.3) is 0 Å². The van der Waals surface area contributed by atoms with E-state index < -0.39 is 0 Å². The zero-order chi connectivity index (χ0) is 16.3. The van der Waals surface area contributed by atoms with Gasteiger partial charge < -0.3 is 9.47 Å². The van der Waals surface area contributed by atoms with Gasteiger partial charge >= 0.3 is 0 Å². The Morgan fingerprint density at radius 3 is 2.68 bits per heavy atom. The molecule has 0 saturated heterocycles. The van der Waals surface area contributed by atoms with E-state index in [1.807, 2.05) is 6.92 Å². The van der Waals surface area contributed by atoms with Crippen LogP contribution in [0.4, 0.5) is 4.39 Å². The van der Waals surface area contributed by atoms with Gasteiger partial charge in [-0.05, 0) is 31.2 Å². The largest absolute Gasteiger partial charge is 0.334 e. The molecule has 0 N–H and O–H groups in total. The summed E-state index contributed by atoms with van der Waals surface area (Å²) in [5.74, 6) is -0.655. The van der Waals surface area contributed by atoms with Crippen molar-refractivity contribution in [3.63, 3.8) is 0 Å². The number of pyridine rings is 1. The molecule has 1 heterocycles. The lowest BCUT2D eigenvalue weighted by Gasteiger charge is -2.21. The first-order valence-corrected chi connectivity index (χ1v) is 7.61. The van der Waals surface area contributed by atoms with Crippen molar-refractivity contribution in [2.75, 3.05) is 6.54 Å². The zero-order valence-corrected chi connectivity index (χ0v) is 13.9. The van der Waals surface area contributed by atoms with Crippen LogP contribution in [0.3, 0.4) is 0 Å². The molecule has 6 heteroatoms. The quantitative estimate of drug-likeness (QED) is 0.834. The van der Waals surface area contributed by atoms with Gasteiger partial charge in [-0.1, -0.05) is 15.9 Å². The van der Waals surface area contributed by atoms with E-state index in [0.29, 0.717) is 17.7 Å². The van der Waals surface area contributed by atoms with Crippen LogP contribution in [0, 0.1) is 5.82 Å². The summed E-state index contributed by atoms with van der Waals surface area (Å²) in [6.07, 6.45) is 1.54. The molecule has 0 aliphatic carbocycles. The number of amides is 1. The molecule has 2 rings (SSSR count). The number of hydrogen-bond acceptors (Lipinski definition) is 2. The second-order valence-electron chi connectivity index (χ2n) is 4.92. The summed E-state index contributed by atoms with van der Waals surface area (Å²) in [5.41, 5.74) is 0.476. The molecular formula is C16H16BrFN2O2. The number of aryl methyl sites for hydroxylation is 1. The third kappa shape index (κ3) is 3.62. The number of aromatic nitrogens is 1. The van der Waals surface area contributed by atoms with Crippen LogP contribution in [-0.2, 0) is 13.6 Å². The van der Waals surface area contributed by atoms with Gasteiger partial charge in [0.2, 0.25) is 0 Å². The fourth-order valence-corrected chi connectivity index (χ4v) is 2.47. The average Bonchev–Trinajstić information content (AvgIpc) is 2.50. The number of benzene rings is 1. The number of carbonyl (C=O) groups excluding carboxylic acids is 1. The predicted molar refractivity (Wildman–Crippen MR) is 86.2 cm³/mol. The third-order valence-corrected chi connectivity index (χ3v) is 3.88. The van der Waals surface area contributed by atoms with Gasteiger partial charge in [0.25, 0.3) is 11.5 Å². The highest BCUT2D eigenvalue weighted by Crippen LogP contribution is 2.18. The Labute approximate surface area is 136 Å². The van der Waals surface area contributed by atoms with Crippen molar-refractivity contribution in [2.45, 2.75) is 13.5 Å². The molecule has 1 aromatic carbocycles. The van der Waals surface area contributed by atoms with E-state index in [2.05, 4.69) is 15.9 Å². The van der Waals surface area contributed by atoms with Gasteiger partial charge in [0.1, 0.15) is 5.82 Å². The summed E-state index contributed by atoms with van der Waals surface area (Å²) in [6, 6.07) is 7.50. The highest BCUT2D eigenvalue weighted by Gasteiger charge is 2.17. The molecule has 0 aliphatic rings. The maximum Gasteiger partial charge on any atom is 0.254 e. The molecule has 0 unspecified atom stereocenters. The molecule has 0 radical (unpaired) electrons. The van der Waals surface area contributed by atoms with Crippen LogP contribution in [-0.4, -0.2) is 21.9 Å². The first-order chi connectivity index (χ1) is 10.4. The number of nitrogens with zero attached hydrogens (tertiary/aromatic N) is 2. The molecule has 0 aliphatic heterocycles. The van der Waals surface area contributed by atoms with Crippen LogP contribution in [0.2, 0.25) is 0 Å². The normalized spacial score (nSPS) is 10.5. The molecule has 0 saturated carbocycles. The van der Waals surface area contributed by atoms with Gasteiger partial charge in [-0.3, -0.25) is 9.59 Å². The van der Waals surface area contributed by atoms with Crippen LogP contribution >= 0.6 is 15.9 Å². The Morgan fingerprint density at radius 1 is 1.32 bits per heavy atom. The van der Waals surface area contributed by atoms with Crippen molar-refractivity contribution in [1.82, 2.24) is 9.47 Å². The van der Waals surface area contributed by atoms with Crippen molar-refractivity contribution < 1.29 is 9.18 Å². The van der Waals surface area contributed by atoms with Crippen LogP contribution < -0.4 is 5.56 Å². The Morgan fingerprint density at radius 2 is 2.05 bits per heavy atom. The second-order valence-corrected chi connectivity index (χ2v) is 5.84. The van der Waals surface area contributed by atoms with E-state index in [1.54, 1.807) is 31.4 Å².